The lowest BCUT2D eigenvalue weighted by Gasteiger charge is -2.45. The van der Waals surface area contributed by atoms with Gasteiger partial charge in [0.05, 0.1) is 11.7 Å². The van der Waals surface area contributed by atoms with Gasteiger partial charge in [0.25, 0.3) is 0 Å². The Hall–Kier alpha value is -0.120. The van der Waals surface area contributed by atoms with Crippen LogP contribution in [0.2, 0.25) is 0 Å². The van der Waals surface area contributed by atoms with Crippen molar-refractivity contribution < 1.29 is 4.74 Å². The Balaban J connectivity index is 1.94. The van der Waals surface area contributed by atoms with Gasteiger partial charge in [0, 0.05) is 25.7 Å². The number of morpholine rings is 1. The molecule has 2 rings (SSSR count). The van der Waals surface area contributed by atoms with E-state index in [0.29, 0.717) is 12.1 Å². The average Bonchev–Trinajstić information content (AvgIpc) is 2.26. The summed E-state index contributed by atoms with van der Waals surface area (Å²) in [6.07, 6.45) is 4.45. The van der Waals surface area contributed by atoms with E-state index in [1.54, 1.807) is 0 Å². The molecule has 0 radical (unpaired) electrons. The summed E-state index contributed by atoms with van der Waals surface area (Å²) in [6, 6.07) is 0.706. The molecule has 0 spiro atoms. The van der Waals surface area contributed by atoms with E-state index in [2.05, 4.69) is 45.0 Å². The minimum atomic E-state index is 0.00703. The second-order valence-electron chi connectivity index (χ2n) is 7.46. The molecule has 2 fully saturated rings. The first-order chi connectivity index (χ1) is 8.89. The molecule has 1 N–H and O–H groups in total. The summed E-state index contributed by atoms with van der Waals surface area (Å²) in [5, 5.41) is 3.54. The van der Waals surface area contributed by atoms with Crippen LogP contribution in [-0.4, -0.2) is 49.3 Å². The van der Waals surface area contributed by atoms with Crippen molar-refractivity contribution in [2.45, 2.75) is 64.7 Å². The largest absolute Gasteiger partial charge is 0.370 e. The predicted molar refractivity (Wildman–Crippen MR) is 80.4 cm³/mol. The van der Waals surface area contributed by atoms with E-state index in [9.17, 15) is 0 Å². The number of nitrogens with one attached hydrogen (secondary N) is 1. The molecule has 112 valence electrons. The molecule has 1 saturated carbocycles. The van der Waals surface area contributed by atoms with Crippen LogP contribution >= 0.6 is 0 Å². The summed E-state index contributed by atoms with van der Waals surface area (Å²) in [7, 11) is 2.12. The Kier molecular flexibility index (Phi) is 4.91. The van der Waals surface area contributed by atoms with Crippen LogP contribution in [0.25, 0.3) is 0 Å². The molecule has 19 heavy (non-hydrogen) atoms. The molecule has 0 aromatic carbocycles. The smallest absolute Gasteiger partial charge is 0.0757 e. The summed E-state index contributed by atoms with van der Waals surface area (Å²) < 4.78 is 6.01. The Morgan fingerprint density at radius 1 is 1.26 bits per heavy atom. The second-order valence-corrected chi connectivity index (χ2v) is 7.46. The van der Waals surface area contributed by atoms with Crippen LogP contribution in [-0.2, 0) is 4.74 Å². The van der Waals surface area contributed by atoms with Gasteiger partial charge in [0.15, 0.2) is 0 Å². The first-order valence-electron chi connectivity index (χ1n) is 7.97. The zero-order chi connectivity index (χ0) is 14.0. The van der Waals surface area contributed by atoms with E-state index in [1.807, 2.05) is 0 Å². The molecule has 1 heterocycles. The molecule has 1 saturated heterocycles. The molecule has 2 aliphatic rings. The topological polar surface area (TPSA) is 24.5 Å². The van der Waals surface area contributed by atoms with Crippen molar-refractivity contribution >= 4 is 0 Å². The van der Waals surface area contributed by atoms with Crippen LogP contribution < -0.4 is 5.32 Å². The van der Waals surface area contributed by atoms with Crippen molar-refractivity contribution in [3.8, 4) is 0 Å². The van der Waals surface area contributed by atoms with Gasteiger partial charge in [-0.2, -0.15) is 0 Å². The first kappa shape index (κ1) is 15.3. The SMILES string of the molecule is CNC1CCC(C)CC1CN1CC(C)OC(C)(C)C1. The Morgan fingerprint density at radius 2 is 2.00 bits per heavy atom. The first-order valence-corrected chi connectivity index (χ1v) is 7.97. The van der Waals surface area contributed by atoms with Crippen LogP contribution in [0.1, 0.15) is 47.0 Å². The van der Waals surface area contributed by atoms with Gasteiger partial charge in [0.1, 0.15) is 0 Å². The zero-order valence-corrected chi connectivity index (χ0v) is 13.4. The molecule has 4 unspecified atom stereocenters. The average molecular weight is 268 g/mol. The number of nitrogens with zero attached hydrogens (tertiary/aromatic N) is 1. The fourth-order valence-corrected chi connectivity index (χ4v) is 4.14. The molecule has 0 aromatic heterocycles. The number of rotatable bonds is 3. The zero-order valence-electron chi connectivity index (χ0n) is 13.4. The summed E-state index contributed by atoms with van der Waals surface area (Å²) in [5.74, 6) is 1.69. The maximum Gasteiger partial charge on any atom is 0.0757 e. The van der Waals surface area contributed by atoms with Crippen LogP contribution in [0.15, 0.2) is 0 Å². The standard InChI is InChI=1S/C16H32N2O/c1-12-6-7-15(17-5)14(8-12)10-18-9-13(2)19-16(3,4)11-18/h12-15,17H,6-11H2,1-5H3. The maximum atomic E-state index is 6.01. The normalized spacial score (nSPS) is 40.3. The highest BCUT2D eigenvalue weighted by molar-refractivity contribution is 4.88. The van der Waals surface area contributed by atoms with E-state index in [4.69, 9.17) is 4.74 Å². The van der Waals surface area contributed by atoms with Crippen LogP contribution in [0.4, 0.5) is 0 Å². The van der Waals surface area contributed by atoms with E-state index in [0.717, 1.165) is 24.9 Å². The van der Waals surface area contributed by atoms with Crippen molar-refractivity contribution in [1.82, 2.24) is 10.2 Å². The van der Waals surface area contributed by atoms with Gasteiger partial charge < -0.3 is 10.1 Å². The van der Waals surface area contributed by atoms with Crippen molar-refractivity contribution in [3.63, 3.8) is 0 Å². The molecule has 0 bridgehead atoms. The lowest BCUT2D eigenvalue weighted by atomic mass is 9.78. The lowest BCUT2D eigenvalue weighted by molar-refractivity contribution is -0.132. The van der Waals surface area contributed by atoms with Gasteiger partial charge in [-0.15, -0.1) is 0 Å². The highest BCUT2D eigenvalue weighted by atomic mass is 16.5. The predicted octanol–water partition coefficient (Wildman–Crippen LogP) is 2.51. The summed E-state index contributed by atoms with van der Waals surface area (Å²) in [6.45, 7) is 12.4. The molecule has 0 amide bonds. The Morgan fingerprint density at radius 3 is 2.63 bits per heavy atom. The fourth-order valence-electron chi connectivity index (χ4n) is 4.14. The van der Waals surface area contributed by atoms with E-state index in [-0.39, 0.29) is 5.60 Å². The van der Waals surface area contributed by atoms with Crippen molar-refractivity contribution in [1.29, 1.82) is 0 Å². The van der Waals surface area contributed by atoms with E-state index < -0.39 is 0 Å². The van der Waals surface area contributed by atoms with Gasteiger partial charge in [-0.3, -0.25) is 4.90 Å². The quantitative estimate of drug-likeness (QED) is 0.851. The minimum Gasteiger partial charge on any atom is -0.370 e. The summed E-state index contributed by atoms with van der Waals surface area (Å²) in [4.78, 5) is 2.63. The van der Waals surface area contributed by atoms with Crippen molar-refractivity contribution in [2.24, 2.45) is 11.8 Å². The molecule has 0 aromatic rings. The van der Waals surface area contributed by atoms with Crippen LogP contribution in [0.5, 0.6) is 0 Å². The fraction of sp³-hybridized carbons (Fsp3) is 1.00. The Labute approximate surface area is 119 Å². The summed E-state index contributed by atoms with van der Waals surface area (Å²) >= 11 is 0. The lowest BCUT2D eigenvalue weighted by Crippen LogP contribution is -2.54. The van der Waals surface area contributed by atoms with E-state index in [1.165, 1.54) is 25.8 Å². The highest BCUT2D eigenvalue weighted by Gasteiger charge is 2.35. The molecule has 1 aliphatic carbocycles. The van der Waals surface area contributed by atoms with Gasteiger partial charge in [-0.05, 0) is 58.9 Å². The molecule has 1 aliphatic heterocycles. The van der Waals surface area contributed by atoms with Gasteiger partial charge in [0.2, 0.25) is 0 Å². The molecule has 4 atom stereocenters. The highest BCUT2D eigenvalue weighted by Crippen LogP contribution is 2.31. The number of hydrogen-bond acceptors (Lipinski definition) is 3. The minimum absolute atomic E-state index is 0.00703. The number of hydrogen-bond donors (Lipinski definition) is 1. The van der Waals surface area contributed by atoms with Crippen LogP contribution in [0, 0.1) is 11.8 Å². The van der Waals surface area contributed by atoms with Crippen molar-refractivity contribution in [2.75, 3.05) is 26.7 Å². The molecular formula is C16H32N2O. The second kappa shape index (κ2) is 6.11. The van der Waals surface area contributed by atoms with E-state index >= 15 is 0 Å². The Bertz CT molecular complexity index is 292. The van der Waals surface area contributed by atoms with Gasteiger partial charge >= 0.3 is 0 Å². The maximum absolute atomic E-state index is 6.01. The third-order valence-electron chi connectivity index (χ3n) is 4.75. The van der Waals surface area contributed by atoms with Crippen LogP contribution in [0.3, 0.4) is 0 Å². The molecule has 3 nitrogen and oxygen atoms in total. The third kappa shape index (κ3) is 4.17. The monoisotopic (exact) mass is 268 g/mol. The van der Waals surface area contributed by atoms with Gasteiger partial charge in [-0.1, -0.05) is 6.92 Å². The van der Waals surface area contributed by atoms with Gasteiger partial charge in [-0.25, -0.2) is 0 Å². The molecule has 3 heteroatoms. The summed E-state index contributed by atoms with van der Waals surface area (Å²) in [5.41, 5.74) is 0.00703. The number of ether oxygens (including phenoxy) is 1. The van der Waals surface area contributed by atoms with Crippen molar-refractivity contribution in [3.05, 3.63) is 0 Å². The molecular weight excluding hydrogens is 236 g/mol. The third-order valence-corrected chi connectivity index (χ3v) is 4.75.